The zero-order valence-corrected chi connectivity index (χ0v) is 14.0. The van der Waals surface area contributed by atoms with E-state index < -0.39 is 0 Å². The van der Waals surface area contributed by atoms with Crippen molar-refractivity contribution in [3.8, 4) is 0 Å². The molecule has 1 saturated heterocycles. The summed E-state index contributed by atoms with van der Waals surface area (Å²) >= 11 is 1.68. The van der Waals surface area contributed by atoms with Crippen molar-refractivity contribution in [1.82, 2.24) is 20.2 Å². The summed E-state index contributed by atoms with van der Waals surface area (Å²) in [5.74, 6) is 4.99. The molecule has 2 saturated carbocycles. The van der Waals surface area contributed by atoms with E-state index in [2.05, 4.69) is 37.9 Å². The van der Waals surface area contributed by atoms with Gasteiger partial charge in [-0.15, -0.1) is 11.3 Å². The second-order valence-electron chi connectivity index (χ2n) is 7.28. The van der Waals surface area contributed by atoms with E-state index in [-0.39, 0.29) is 0 Å². The van der Waals surface area contributed by atoms with E-state index in [0.717, 1.165) is 52.7 Å². The summed E-state index contributed by atoms with van der Waals surface area (Å²) in [6.45, 7) is 2.21. The summed E-state index contributed by atoms with van der Waals surface area (Å²) in [6, 6.07) is 4.19. The lowest BCUT2D eigenvalue weighted by Gasteiger charge is -2.18. The number of aromatic amines is 1. The van der Waals surface area contributed by atoms with Crippen LogP contribution in [-0.2, 0) is 0 Å². The first kappa shape index (κ1) is 13.2. The van der Waals surface area contributed by atoms with E-state index in [1.165, 1.54) is 25.0 Å². The van der Waals surface area contributed by atoms with Crippen LogP contribution in [0, 0.1) is 11.8 Å². The highest BCUT2D eigenvalue weighted by Crippen LogP contribution is 2.46. The van der Waals surface area contributed by atoms with Crippen LogP contribution in [0.25, 0.3) is 10.2 Å². The van der Waals surface area contributed by atoms with Gasteiger partial charge in [-0.05, 0) is 42.5 Å². The quantitative estimate of drug-likeness (QED) is 0.762. The fraction of sp³-hybridized carbons (Fsp3) is 0.471. The molecule has 4 heterocycles. The van der Waals surface area contributed by atoms with Crippen LogP contribution in [0.5, 0.6) is 0 Å². The zero-order valence-electron chi connectivity index (χ0n) is 13.2. The minimum absolute atomic E-state index is 0.673. The van der Waals surface area contributed by atoms with Gasteiger partial charge < -0.3 is 10.2 Å². The van der Waals surface area contributed by atoms with Crippen molar-refractivity contribution in [2.24, 2.45) is 11.8 Å². The summed E-state index contributed by atoms with van der Waals surface area (Å²) in [5.41, 5.74) is 2.25. The van der Waals surface area contributed by atoms with Crippen LogP contribution in [0.3, 0.4) is 0 Å². The molecule has 3 aromatic rings. The number of rotatable bonds is 4. The van der Waals surface area contributed by atoms with E-state index in [1.54, 1.807) is 11.3 Å². The maximum absolute atomic E-state index is 4.84. The second-order valence-corrected chi connectivity index (χ2v) is 8.19. The Kier molecular flexibility index (Phi) is 2.58. The molecule has 3 fully saturated rings. The highest BCUT2D eigenvalue weighted by Gasteiger charge is 2.46. The lowest BCUT2D eigenvalue weighted by molar-refractivity contribution is 0.791. The molecule has 1 aliphatic heterocycles. The van der Waals surface area contributed by atoms with E-state index in [1.807, 2.05) is 0 Å². The van der Waals surface area contributed by atoms with Gasteiger partial charge in [-0.1, -0.05) is 0 Å². The van der Waals surface area contributed by atoms with E-state index in [4.69, 9.17) is 9.97 Å². The van der Waals surface area contributed by atoms with Gasteiger partial charge in [0.25, 0.3) is 0 Å². The Morgan fingerprint density at radius 1 is 1.21 bits per heavy atom. The third kappa shape index (κ3) is 2.11. The van der Waals surface area contributed by atoms with E-state index in [9.17, 15) is 0 Å². The number of thiophene rings is 1. The molecule has 0 spiro atoms. The smallest absolute Gasteiger partial charge is 0.227 e. The number of nitrogens with zero attached hydrogens (tertiary/aromatic N) is 4. The summed E-state index contributed by atoms with van der Waals surface area (Å²) in [5, 5.41) is 13.0. The standard InChI is InChI=1S/C17H18N6S/c1-2-9(1)13-6-14(22-21-13)19-16-15-12(3-4-24-15)18-17(20-16)23-7-10-5-11(10)8-23/h3-4,6,9-11H,1-2,5,7-8H2,(H2,18,19,20,21,22)/t10-,11+. The average molecular weight is 338 g/mol. The van der Waals surface area contributed by atoms with Crippen molar-refractivity contribution in [3.05, 3.63) is 23.2 Å². The maximum atomic E-state index is 4.84. The Labute approximate surface area is 143 Å². The summed E-state index contributed by atoms with van der Waals surface area (Å²) in [6.07, 6.45) is 3.93. The summed E-state index contributed by atoms with van der Waals surface area (Å²) < 4.78 is 1.10. The number of hydrogen-bond acceptors (Lipinski definition) is 6. The highest BCUT2D eigenvalue weighted by atomic mass is 32.1. The topological polar surface area (TPSA) is 69.7 Å². The molecule has 2 atom stereocenters. The minimum atomic E-state index is 0.673. The van der Waals surface area contributed by atoms with Gasteiger partial charge in [0, 0.05) is 30.8 Å². The Morgan fingerprint density at radius 3 is 2.92 bits per heavy atom. The molecule has 0 bridgehead atoms. The fourth-order valence-electron chi connectivity index (χ4n) is 3.76. The minimum Gasteiger partial charge on any atom is -0.340 e. The monoisotopic (exact) mass is 338 g/mol. The Bertz CT molecular complexity index is 916. The normalized spacial score (nSPS) is 25.2. The van der Waals surface area contributed by atoms with Gasteiger partial charge in [0.2, 0.25) is 5.95 Å². The lowest BCUT2D eigenvalue weighted by atomic mass is 10.3. The van der Waals surface area contributed by atoms with Crippen LogP contribution in [0.15, 0.2) is 17.5 Å². The van der Waals surface area contributed by atoms with Gasteiger partial charge in [-0.2, -0.15) is 10.1 Å². The first-order chi connectivity index (χ1) is 11.8. The third-order valence-electron chi connectivity index (χ3n) is 5.41. The van der Waals surface area contributed by atoms with Gasteiger partial charge in [-0.3, -0.25) is 5.10 Å². The van der Waals surface area contributed by atoms with Crippen LogP contribution >= 0.6 is 11.3 Å². The molecule has 0 unspecified atom stereocenters. The molecule has 6 nitrogen and oxygen atoms in total. The molecule has 122 valence electrons. The van der Waals surface area contributed by atoms with Crippen LogP contribution in [0.1, 0.15) is 30.9 Å². The average Bonchev–Trinajstić information content (AvgIpc) is 3.40. The first-order valence-electron chi connectivity index (χ1n) is 8.66. The number of fused-ring (bicyclic) bond motifs is 2. The number of piperidine rings is 1. The van der Waals surface area contributed by atoms with Gasteiger partial charge in [0.15, 0.2) is 11.6 Å². The molecular weight excluding hydrogens is 320 g/mol. The van der Waals surface area contributed by atoms with Crippen molar-refractivity contribution in [1.29, 1.82) is 0 Å². The highest BCUT2D eigenvalue weighted by molar-refractivity contribution is 7.17. The van der Waals surface area contributed by atoms with Crippen LogP contribution < -0.4 is 10.2 Å². The molecule has 24 heavy (non-hydrogen) atoms. The molecule has 2 aliphatic carbocycles. The van der Waals surface area contributed by atoms with Crippen LogP contribution in [-0.4, -0.2) is 33.3 Å². The number of aromatic nitrogens is 4. The van der Waals surface area contributed by atoms with Crippen molar-refractivity contribution in [2.45, 2.75) is 25.2 Å². The van der Waals surface area contributed by atoms with Crippen molar-refractivity contribution in [3.63, 3.8) is 0 Å². The van der Waals surface area contributed by atoms with Crippen LogP contribution in [0.4, 0.5) is 17.6 Å². The summed E-state index contributed by atoms with van der Waals surface area (Å²) in [4.78, 5) is 11.9. The first-order valence-corrected chi connectivity index (χ1v) is 9.54. The SMILES string of the molecule is c1cc2nc(N3C[C@H]4C[C@H]4C3)nc(Nc3cc(C4CC4)[nH]n3)c2s1. The molecule has 3 aromatic heterocycles. The van der Waals surface area contributed by atoms with Crippen molar-refractivity contribution in [2.75, 3.05) is 23.3 Å². The van der Waals surface area contributed by atoms with Gasteiger partial charge in [0.1, 0.15) is 0 Å². The van der Waals surface area contributed by atoms with Crippen molar-refractivity contribution < 1.29 is 0 Å². The molecule has 0 aromatic carbocycles. The molecular formula is C17H18N6S. The molecule has 2 N–H and O–H groups in total. The van der Waals surface area contributed by atoms with Gasteiger partial charge in [-0.25, -0.2) is 4.98 Å². The van der Waals surface area contributed by atoms with E-state index >= 15 is 0 Å². The predicted octanol–water partition coefficient (Wildman–Crippen LogP) is 3.49. The van der Waals surface area contributed by atoms with Crippen molar-refractivity contribution >= 4 is 39.1 Å². The fourth-order valence-corrected chi connectivity index (χ4v) is 4.54. The largest absolute Gasteiger partial charge is 0.340 e. The van der Waals surface area contributed by atoms with Gasteiger partial charge in [0.05, 0.1) is 10.2 Å². The maximum Gasteiger partial charge on any atom is 0.227 e. The third-order valence-corrected chi connectivity index (χ3v) is 6.33. The Morgan fingerprint density at radius 2 is 2.08 bits per heavy atom. The number of H-pyrrole nitrogens is 1. The van der Waals surface area contributed by atoms with E-state index in [0.29, 0.717) is 5.92 Å². The predicted molar refractivity (Wildman–Crippen MR) is 95.1 cm³/mol. The molecule has 3 aliphatic rings. The number of nitrogens with one attached hydrogen (secondary N) is 2. The molecule has 7 heteroatoms. The number of anilines is 3. The van der Waals surface area contributed by atoms with Gasteiger partial charge >= 0.3 is 0 Å². The van der Waals surface area contributed by atoms with Crippen LogP contribution in [0.2, 0.25) is 0 Å². The molecule has 6 rings (SSSR count). The molecule has 0 amide bonds. The number of hydrogen-bond donors (Lipinski definition) is 2. The second kappa shape index (κ2) is 4.69. The lowest BCUT2D eigenvalue weighted by Crippen LogP contribution is -2.24. The Hall–Kier alpha value is -2.15. The zero-order chi connectivity index (χ0) is 15.7. The summed E-state index contributed by atoms with van der Waals surface area (Å²) in [7, 11) is 0. The Balaban J connectivity index is 1.36. The molecule has 0 radical (unpaired) electrons.